The monoisotopic (exact) mass is 227 g/mol. The van der Waals surface area contributed by atoms with Gasteiger partial charge in [-0.25, -0.2) is 4.39 Å². The lowest BCUT2D eigenvalue weighted by Crippen LogP contribution is -2.12. The van der Waals surface area contributed by atoms with Crippen molar-refractivity contribution >= 4 is 17.3 Å². The van der Waals surface area contributed by atoms with Crippen LogP contribution in [-0.4, -0.2) is 0 Å². The number of rotatable bonds is 1. The Morgan fingerprint density at radius 1 is 1.29 bits per heavy atom. The quantitative estimate of drug-likeness (QED) is 0.445. The molecule has 0 aliphatic heterocycles. The highest BCUT2D eigenvalue weighted by molar-refractivity contribution is 6.17. The van der Waals surface area contributed by atoms with E-state index in [1.54, 1.807) is 0 Å². The van der Waals surface area contributed by atoms with E-state index < -0.39 is 29.1 Å². The molecule has 14 heavy (non-hydrogen) atoms. The lowest BCUT2D eigenvalue weighted by molar-refractivity contribution is -0.137. The van der Waals surface area contributed by atoms with Crippen molar-refractivity contribution < 1.29 is 17.6 Å². The number of anilines is 1. The third kappa shape index (κ3) is 2.09. The summed E-state index contributed by atoms with van der Waals surface area (Å²) in [7, 11) is 0. The Bertz CT molecular complexity index is 348. The Hall–Kier alpha value is -0.970. The molecular weight excluding hydrogens is 222 g/mol. The Balaban J connectivity index is 3.40. The van der Waals surface area contributed by atoms with Crippen LogP contribution in [0.4, 0.5) is 23.2 Å². The van der Waals surface area contributed by atoms with Gasteiger partial charge < -0.3 is 5.73 Å². The first-order chi connectivity index (χ1) is 6.36. The van der Waals surface area contributed by atoms with E-state index in [4.69, 9.17) is 17.3 Å². The van der Waals surface area contributed by atoms with Crippen LogP contribution in [0.25, 0.3) is 0 Å². The molecule has 0 amide bonds. The van der Waals surface area contributed by atoms with E-state index >= 15 is 0 Å². The Morgan fingerprint density at radius 3 is 2.29 bits per heavy atom. The molecule has 0 heterocycles. The fraction of sp³-hybridized carbons (Fsp3) is 0.250. The fourth-order valence-electron chi connectivity index (χ4n) is 1.14. The van der Waals surface area contributed by atoms with Gasteiger partial charge in [-0.2, -0.15) is 13.2 Å². The summed E-state index contributed by atoms with van der Waals surface area (Å²) in [5.74, 6) is -1.26. The molecule has 0 saturated heterocycles. The van der Waals surface area contributed by atoms with Crippen LogP contribution in [0.3, 0.4) is 0 Å². The highest BCUT2D eigenvalue weighted by atomic mass is 35.5. The Morgan fingerprint density at radius 2 is 1.86 bits per heavy atom. The van der Waals surface area contributed by atoms with Gasteiger partial charge in [-0.3, -0.25) is 0 Å². The summed E-state index contributed by atoms with van der Waals surface area (Å²) < 4.78 is 49.8. The van der Waals surface area contributed by atoms with Crippen LogP contribution < -0.4 is 5.73 Å². The van der Waals surface area contributed by atoms with Crippen LogP contribution in [0.15, 0.2) is 12.1 Å². The largest absolute Gasteiger partial charge is 0.418 e. The molecule has 0 atom stereocenters. The van der Waals surface area contributed by atoms with Crippen molar-refractivity contribution in [3.8, 4) is 0 Å². The Labute approximate surface area is 82.5 Å². The second-order valence-electron chi connectivity index (χ2n) is 2.66. The van der Waals surface area contributed by atoms with Gasteiger partial charge in [-0.1, -0.05) is 0 Å². The van der Waals surface area contributed by atoms with Gasteiger partial charge in [0.1, 0.15) is 5.82 Å². The molecule has 0 bridgehead atoms. The van der Waals surface area contributed by atoms with E-state index in [9.17, 15) is 17.6 Å². The van der Waals surface area contributed by atoms with Gasteiger partial charge in [0.15, 0.2) is 0 Å². The maximum absolute atomic E-state index is 12.7. The van der Waals surface area contributed by atoms with Crippen LogP contribution in [-0.2, 0) is 12.1 Å². The maximum atomic E-state index is 12.7. The average molecular weight is 228 g/mol. The third-order valence-corrected chi connectivity index (χ3v) is 1.93. The van der Waals surface area contributed by atoms with Crippen molar-refractivity contribution in [1.82, 2.24) is 0 Å². The number of alkyl halides is 4. The summed E-state index contributed by atoms with van der Waals surface area (Å²) in [5.41, 5.74) is 3.01. The zero-order valence-corrected chi connectivity index (χ0v) is 7.58. The van der Waals surface area contributed by atoms with Gasteiger partial charge in [0, 0.05) is 11.6 Å². The van der Waals surface area contributed by atoms with Crippen LogP contribution in [0.5, 0.6) is 0 Å². The molecule has 78 valence electrons. The Kier molecular flexibility index (Phi) is 2.89. The van der Waals surface area contributed by atoms with E-state index in [1.165, 1.54) is 0 Å². The molecule has 0 aliphatic carbocycles. The summed E-state index contributed by atoms with van der Waals surface area (Å²) in [6.07, 6.45) is -4.61. The molecule has 2 N–H and O–H groups in total. The molecule has 0 spiro atoms. The van der Waals surface area contributed by atoms with Crippen molar-refractivity contribution in [2.45, 2.75) is 12.1 Å². The van der Waals surface area contributed by atoms with Crippen molar-refractivity contribution in [2.24, 2.45) is 0 Å². The van der Waals surface area contributed by atoms with Gasteiger partial charge >= 0.3 is 6.18 Å². The number of hydrogen-bond acceptors (Lipinski definition) is 1. The zero-order valence-electron chi connectivity index (χ0n) is 6.83. The van der Waals surface area contributed by atoms with Crippen molar-refractivity contribution in [1.29, 1.82) is 0 Å². The fourth-order valence-corrected chi connectivity index (χ4v) is 1.35. The van der Waals surface area contributed by atoms with Crippen LogP contribution in [0.2, 0.25) is 0 Å². The second-order valence-corrected chi connectivity index (χ2v) is 2.93. The van der Waals surface area contributed by atoms with E-state index in [-0.39, 0.29) is 5.56 Å². The molecule has 0 unspecified atom stereocenters. The molecule has 1 aromatic rings. The lowest BCUT2D eigenvalue weighted by atomic mass is 10.1. The molecule has 0 aliphatic rings. The van der Waals surface area contributed by atoms with Crippen LogP contribution in [0, 0.1) is 5.82 Å². The van der Waals surface area contributed by atoms with Gasteiger partial charge in [0.2, 0.25) is 0 Å². The van der Waals surface area contributed by atoms with Crippen molar-refractivity contribution in [2.75, 3.05) is 5.73 Å². The van der Waals surface area contributed by atoms with Gasteiger partial charge in [-0.15, -0.1) is 11.6 Å². The van der Waals surface area contributed by atoms with Crippen molar-refractivity contribution in [3.63, 3.8) is 0 Å². The summed E-state index contributed by atoms with van der Waals surface area (Å²) >= 11 is 5.26. The predicted octanol–water partition coefficient (Wildman–Crippen LogP) is 3.17. The summed E-state index contributed by atoms with van der Waals surface area (Å²) in [4.78, 5) is 0. The SMILES string of the molecule is Nc1cc(F)cc(CCl)c1C(F)(F)F. The number of nitrogen functional groups attached to an aromatic ring is 1. The van der Waals surface area contributed by atoms with E-state index in [2.05, 4.69) is 0 Å². The maximum Gasteiger partial charge on any atom is 0.418 e. The van der Waals surface area contributed by atoms with E-state index in [0.717, 1.165) is 6.07 Å². The minimum atomic E-state index is -4.61. The summed E-state index contributed by atoms with van der Waals surface area (Å²) in [6.45, 7) is 0. The molecule has 0 saturated carbocycles. The summed E-state index contributed by atoms with van der Waals surface area (Å²) in [5, 5.41) is 0. The zero-order chi connectivity index (χ0) is 10.9. The molecule has 0 aromatic heterocycles. The van der Waals surface area contributed by atoms with Crippen molar-refractivity contribution in [3.05, 3.63) is 29.1 Å². The highest BCUT2D eigenvalue weighted by Crippen LogP contribution is 2.37. The van der Waals surface area contributed by atoms with Gasteiger partial charge in [0.25, 0.3) is 0 Å². The lowest BCUT2D eigenvalue weighted by Gasteiger charge is -2.13. The molecule has 6 heteroatoms. The number of halogens is 5. The summed E-state index contributed by atoms with van der Waals surface area (Å²) in [6, 6.07) is 1.35. The second kappa shape index (κ2) is 3.65. The average Bonchev–Trinajstić information content (AvgIpc) is 1.99. The molecule has 0 fully saturated rings. The standard InChI is InChI=1S/C8H6ClF4N/c9-3-4-1-5(10)2-6(14)7(4)8(11,12)13/h1-2H,3,14H2. The smallest absolute Gasteiger partial charge is 0.398 e. The van der Waals surface area contributed by atoms with Gasteiger partial charge in [0.05, 0.1) is 5.56 Å². The topological polar surface area (TPSA) is 26.0 Å². The predicted molar refractivity (Wildman–Crippen MR) is 45.4 cm³/mol. The number of nitrogens with two attached hydrogens (primary N) is 1. The van der Waals surface area contributed by atoms with E-state index in [0.29, 0.717) is 6.07 Å². The molecule has 1 nitrogen and oxygen atoms in total. The first kappa shape index (κ1) is 11.1. The molecular formula is C8H6ClF4N. The minimum Gasteiger partial charge on any atom is -0.398 e. The highest BCUT2D eigenvalue weighted by Gasteiger charge is 2.35. The minimum absolute atomic E-state index is 0.350. The van der Waals surface area contributed by atoms with Crippen LogP contribution >= 0.6 is 11.6 Å². The third-order valence-electron chi connectivity index (χ3n) is 1.64. The first-order valence-corrected chi connectivity index (χ1v) is 4.10. The molecule has 1 aromatic carbocycles. The van der Waals surface area contributed by atoms with Crippen LogP contribution in [0.1, 0.15) is 11.1 Å². The molecule has 0 radical (unpaired) electrons. The number of hydrogen-bond donors (Lipinski definition) is 1. The van der Waals surface area contributed by atoms with E-state index in [1.807, 2.05) is 0 Å². The normalized spacial score (nSPS) is 11.8. The number of benzene rings is 1. The van der Waals surface area contributed by atoms with Gasteiger partial charge in [-0.05, 0) is 17.7 Å². The first-order valence-electron chi connectivity index (χ1n) is 3.57. The molecule has 1 rings (SSSR count).